The fourth-order valence-corrected chi connectivity index (χ4v) is 2.72. The van der Waals surface area contributed by atoms with E-state index in [0.717, 1.165) is 18.5 Å². The number of rotatable bonds is 3. The Morgan fingerprint density at radius 1 is 1.53 bits per heavy atom. The van der Waals surface area contributed by atoms with Crippen LogP contribution < -0.4 is 0 Å². The number of nitrogens with zero attached hydrogens (tertiary/aromatic N) is 1. The number of phenolic OH excluding ortho intramolecular Hbond substituents is 1. The highest BCUT2D eigenvalue weighted by Crippen LogP contribution is 2.36. The summed E-state index contributed by atoms with van der Waals surface area (Å²) in [5, 5.41) is 9.96. The van der Waals surface area contributed by atoms with Gasteiger partial charge in [0.05, 0.1) is 18.2 Å². The Bertz CT molecular complexity index is 480. The first kappa shape index (κ1) is 13.9. The number of morpholine rings is 1. The monoisotopic (exact) mass is 259 g/mol. The Labute approximate surface area is 115 Å². The zero-order valence-corrected chi connectivity index (χ0v) is 11.6. The van der Waals surface area contributed by atoms with E-state index in [1.807, 2.05) is 18.2 Å². The fraction of sp³-hybridized carbons (Fsp3) is 0.500. The molecule has 0 saturated carbocycles. The van der Waals surface area contributed by atoms with Crippen LogP contribution in [0.5, 0.6) is 5.75 Å². The van der Waals surface area contributed by atoms with Crippen molar-refractivity contribution < 1.29 is 9.84 Å². The normalized spacial score (nSPS) is 27.9. The van der Waals surface area contributed by atoms with Crippen molar-refractivity contribution in [2.24, 2.45) is 0 Å². The molecule has 1 aromatic rings. The molecule has 1 saturated heterocycles. The molecule has 2 unspecified atom stereocenters. The van der Waals surface area contributed by atoms with Gasteiger partial charge < -0.3 is 9.84 Å². The number of hydrogen-bond donors (Lipinski definition) is 1. The van der Waals surface area contributed by atoms with Gasteiger partial charge in [-0.2, -0.15) is 0 Å². The van der Waals surface area contributed by atoms with Gasteiger partial charge in [0.1, 0.15) is 5.75 Å². The highest BCUT2D eigenvalue weighted by Gasteiger charge is 2.38. The number of para-hydroxylation sites is 1. The number of likely N-dealkylation sites (N-methyl/N-ethyl adjacent to an activating group) is 1. The summed E-state index contributed by atoms with van der Waals surface area (Å²) in [5.41, 5.74) is 0.667. The van der Waals surface area contributed by atoms with E-state index in [0.29, 0.717) is 18.8 Å². The topological polar surface area (TPSA) is 32.7 Å². The Morgan fingerprint density at radius 3 is 2.84 bits per heavy atom. The van der Waals surface area contributed by atoms with Gasteiger partial charge in [-0.3, -0.25) is 4.90 Å². The van der Waals surface area contributed by atoms with Gasteiger partial charge in [-0.15, -0.1) is 12.3 Å². The summed E-state index contributed by atoms with van der Waals surface area (Å²) < 4.78 is 6.05. The molecule has 0 bridgehead atoms. The predicted octanol–water partition coefficient (Wildman–Crippen LogP) is 2.57. The highest BCUT2D eigenvalue weighted by atomic mass is 16.5. The van der Waals surface area contributed by atoms with Crippen LogP contribution in [0.15, 0.2) is 24.3 Å². The average molecular weight is 259 g/mol. The Balaban J connectivity index is 2.18. The van der Waals surface area contributed by atoms with E-state index in [1.54, 1.807) is 6.07 Å². The first-order chi connectivity index (χ1) is 9.12. The molecular formula is C16H21NO2. The van der Waals surface area contributed by atoms with Gasteiger partial charge in [-0.05, 0) is 19.5 Å². The summed E-state index contributed by atoms with van der Waals surface area (Å²) in [6, 6.07) is 7.51. The van der Waals surface area contributed by atoms with Crippen molar-refractivity contribution >= 4 is 0 Å². The first-order valence-corrected chi connectivity index (χ1v) is 6.67. The molecule has 0 spiro atoms. The second-order valence-corrected chi connectivity index (χ2v) is 5.22. The number of terminal acetylenes is 1. The number of ether oxygens (including phenoxy) is 1. The van der Waals surface area contributed by atoms with Gasteiger partial charge in [0.2, 0.25) is 0 Å². The molecule has 2 atom stereocenters. The van der Waals surface area contributed by atoms with E-state index in [4.69, 9.17) is 11.2 Å². The lowest BCUT2D eigenvalue weighted by Gasteiger charge is -2.44. The Morgan fingerprint density at radius 2 is 2.26 bits per heavy atom. The van der Waals surface area contributed by atoms with E-state index in [1.165, 1.54) is 0 Å². The quantitative estimate of drug-likeness (QED) is 0.847. The molecule has 0 aromatic heterocycles. The molecule has 0 radical (unpaired) electrons. The lowest BCUT2D eigenvalue weighted by molar-refractivity contribution is -0.128. The summed E-state index contributed by atoms with van der Waals surface area (Å²) in [4.78, 5) is 2.22. The maximum Gasteiger partial charge on any atom is 0.120 e. The zero-order chi connectivity index (χ0) is 13.9. The molecule has 1 fully saturated rings. The van der Waals surface area contributed by atoms with Crippen molar-refractivity contribution in [2.45, 2.75) is 31.4 Å². The molecule has 1 N–H and O–H groups in total. The standard InChI is InChI=1S/C16H21NO2/c1-4-10-16(5-2)12-17(3)14(11-19-16)13-8-6-7-9-15(13)18/h1,6-9,14,18H,5,10-12H2,2-3H3. The van der Waals surface area contributed by atoms with E-state index in [2.05, 4.69) is 24.8 Å². The van der Waals surface area contributed by atoms with E-state index in [-0.39, 0.29) is 11.6 Å². The van der Waals surface area contributed by atoms with Gasteiger partial charge >= 0.3 is 0 Å². The van der Waals surface area contributed by atoms with Gasteiger partial charge in [-0.1, -0.05) is 25.1 Å². The zero-order valence-electron chi connectivity index (χ0n) is 11.6. The third-order valence-electron chi connectivity index (χ3n) is 3.98. The second kappa shape index (κ2) is 5.64. The number of aromatic hydroxyl groups is 1. The molecule has 1 aliphatic heterocycles. The second-order valence-electron chi connectivity index (χ2n) is 5.22. The van der Waals surface area contributed by atoms with Crippen LogP contribution in [0.2, 0.25) is 0 Å². The van der Waals surface area contributed by atoms with Gasteiger partial charge in [-0.25, -0.2) is 0 Å². The number of benzene rings is 1. The third-order valence-corrected chi connectivity index (χ3v) is 3.98. The van der Waals surface area contributed by atoms with E-state index in [9.17, 15) is 5.11 Å². The van der Waals surface area contributed by atoms with Crippen LogP contribution in [-0.4, -0.2) is 35.8 Å². The number of hydrogen-bond acceptors (Lipinski definition) is 3. The third kappa shape index (κ3) is 2.75. The van der Waals surface area contributed by atoms with Gasteiger partial charge in [0, 0.05) is 18.5 Å². The molecule has 3 heteroatoms. The first-order valence-electron chi connectivity index (χ1n) is 6.67. The predicted molar refractivity (Wildman–Crippen MR) is 75.9 cm³/mol. The SMILES string of the molecule is C#CCC1(CC)CN(C)C(c2ccccc2O)CO1. The average Bonchev–Trinajstić information content (AvgIpc) is 2.40. The van der Waals surface area contributed by atoms with Crippen LogP contribution in [-0.2, 0) is 4.74 Å². The van der Waals surface area contributed by atoms with Crippen molar-refractivity contribution in [3.05, 3.63) is 29.8 Å². The summed E-state index contributed by atoms with van der Waals surface area (Å²) in [5.74, 6) is 3.04. The van der Waals surface area contributed by atoms with Gasteiger partial charge in [0.25, 0.3) is 0 Å². The fourth-order valence-electron chi connectivity index (χ4n) is 2.72. The molecule has 1 aliphatic rings. The summed E-state index contributed by atoms with van der Waals surface area (Å²) >= 11 is 0. The molecule has 102 valence electrons. The molecule has 0 amide bonds. The minimum Gasteiger partial charge on any atom is -0.508 e. The van der Waals surface area contributed by atoms with Crippen molar-refractivity contribution in [2.75, 3.05) is 20.2 Å². The molecule has 1 heterocycles. The molecule has 1 aromatic carbocycles. The molecule has 0 aliphatic carbocycles. The molecule has 3 nitrogen and oxygen atoms in total. The smallest absolute Gasteiger partial charge is 0.120 e. The van der Waals surface area contributed by atoms with Crippen LogP contribution in [0.1, 0.15) is 31.4 Å². The van der Waals surface area contributed by atoms with Crippen LogP contribution in [0, 0.1) is 12.3 Å². The lowest BCUT2D eigenvalue weighted by atomic mass is 9.91. The molecule has 2 rings (SSSR count). The van der Waals surface area contributed by atoms with Crippen molar-refractivity contribution in [1.29, 1.82) is 0 Å². The van der Waals surface area contributed by atoms with Crippen molar-refractivity contribution in [1.82, 2.24) is 4.90 Å². The van der Waals surface area contributed by atoms with Crippen LogP contribution in [0.25, 0.3) is 0 Å². The molecule has 19 heavy (non-hydrogen) atoms. The minimum absolute atomic E-state index is 0.0821. The summed E-state index contributed by atoms with van der Waals surface area (Å²) in [6.07, 6.45) is 6.97. The maximum atomic E-state index is 9.96. The van der Waals surface area contributed by atoms with Crippen LogP contribution in [0.4, 0.5) is 0 Å². The minimum atomic E-state index is -0.246. The summed E-state index contributed by atoms with van der Waals surface area (Å²) in [7, 11) is 2.06. The Hall–Kier alpha value is -1.50. The lowest BCUT2D eigenvalue weighted by Crippen LogP contribution is -2.51. The number of phenols is 1. The van der Waals surface area contributed by atoms with Crippen LogP contribution in [0.3, 0.4) is 0 Å². The largest absolute Gasteiger partial charge is 0.508 e. The van der Waals surface area contributed by atoms with E-state index < -0.39 is 0 Å². The maximum absolute atomic E-state index is 9.96. The van der Waals surface area contributed by atoms with Crippen molar-refractivity contribution in [3.8, 4) is 18.1 Å². The highest BCUT2D eigenvalue weighted by molar-refractivity contribution is 5.35. The van der Waals surface area contributed by atoms with E-state index >= 15 is 0 Å². The van der Waals surface area contributed by atoms with Gasteiger partial charge in [0.15, 0.2) is 0 Å². The summed E-state index contributed by atoms with van der Waals surface area (Å²) in [6.45, 7) is 3.45. The van der Waals surface area contributed by atoms with Crippen molar-refractivity contribution in [3.63, 3.8) is 0 Å². The van der Waals surface area contributed by atoms with Crippen LogP contribution >= 0.6 is 0 Å². The Kier molecular flexibility index (Phi) is 4.14. The molecular weight excluding hydrogens is 238 g/mol.